The van der Waals surface area contributed by atoms with E-state index in [-0.39, 0.29) is 5.91 Å². The zero-order valence-corrected chi connectivity index (χ0v) is 12.5. The van der Waals surface area contributed by atoms with E-state index in [2.05, 4.69) is 27.8 Å². The quantitative estimate of drug-likeness (QED) is 0.590. The molecule has 0 aromatic heterocycles. The molecule has 0 aliphatic rings. The van der Waals surface area contributed by atoms with E-state index in [4.69, 9.17) is 9.47 Å². The summed E-state index contributed by atoms with van der Waals surface area (Å²) in [5.41, 5.74) is 0.511. The maximum Gasteiger partial charge on any atom is 0.255 e. The van der Waals surface area contributed by atoms with Crippen molar-refractivity contribution < 1.29 is 14.3 Å². The SMILES string of the molecule is C=CCCOCCNC(=O)c1ccc(Br)cc1OC. The number of nitrogens with one attached hydrogen (secondary N) is 1. The smallest absolute Gasteiger partial charge is 0.255 e. The summed E-state index contributed by atoms with van der Waals surface area (Å²) in [6.07, 6.45) is 2.61. The first-order chi connectivity index (χ1) is 9.19. The predicted molar refractivity (Wildman–Crippen MR) is 78.7 cm³/mol. The molecule has 1 amide bonds. The third-order valence-electron chi connectivity index (χ3n) is 2.41. The van der Waals surface area contributed by atoms with Crippen LogP contribution in [0.5, 0.6) is 5.75 Å². The summed E-state index contributed by atoms with van der Waals surface area (Å²) in [4.78, 5) is 11.9. The van der Waals surface area contributed by atoms with Crippen molar-refractivity contribution >= 4 is 21.8 Å². The number of hydrogen-bond acceptors (Lipinski definition) is 3. The summed E-state index contributed by atoms with van der Waals surface area (Å²) in [7, 11) is 1.54. The molecule has 104 valence electrons. The zero-order chi connectivity index (χ0) is 14.1. The minimum Gasteiger partial charge on any atom is -0.496 e. The first kappa shape index (κ1) is 15.7. The van der Waals surface area contributed by atoms with Gasteiger partial charge in [-0.05, 0) is 24.6 Å². The molecule has 0 spiro atoms. The highest BCUT2D eigenvalue weighted by atomic mass is 79.9. The van der Waals surface area contributed by atoms with Crippen LogP contribution in [-0.4, -0.2) is 32.8 Å². The van der Waals surface area contributed by atoms with Gasteiger partial charge in [0.1, 0.15) is 5.75 Å². The molecule has 1 aromatic carbocycles. The normalized spacial score (nSPS) is 10.0. The molecule has 0 heterocycles. The molecule has 1 rings (SSSR count). The van der Waals surface area contributed by atoms with E-state index in [1.54, 1.807) is 24.3 Å². The Morgan fingerprint density at radius 2 is 2.26 bits per heavy atom. The first-order valence-corrected chi connectivity index (χ1v) is 6.78. The molecule has 19 heavy (non-hydrogen) atoms. The van der Waals surface area contributed by atoms with Crippen molar-refractivity contribution in [2.45, 2.75) is 6.42 Å². The number of hydrogen-bond donors (Lipinski definition) is 1. The van der Waals surface area contributed by atoms with Crippen LogP contribution in [0.2, 0.25) is 0 Å². The van der Waals surface area contributed by atoms with Crippen LogP contribution in [0.4, 0.5) is 0 Å². The van der Waals surface area contributed by atoms with E-state index < -0.39 is 0 Å². The van der Waals surface area contributed by atoms with E-state index in [0.717, 1.165) is 10.9 Å². The number of carbonyl (C=O) groups is 1. The molecule has 0 atom stereocenters. The van der Waals surface area contributed by atoms with Gasteiger partial charge in [-0.15, -0.1) is 6.58 Å². The lowest BCUT2D eigenvalue weighted by molar-refractivity contribution is 0.0915. The van der Waals surface area contributed by atoms with Crippen molar-refractivity contribution in [3.05, 3.63) is 40.9 Å². The van der Waals surface area contributed by atoms with Crippen molar-refractivity contribution in [3.63, 3.8) is 0 Å². The van der Waals surface area contributed by atoms with Gasteiger partial charge in [-0.2, -0.15) is 0 Å². The Kier molecular flexibility index (Phi) is 7.22. The Labute approximate surface area is 121 Å². The molecular weight excluding hydrogens is 310 g/mol. The summed E-state index contributed by atoms with van der Waals surface area (Å²) in [6.45, 7) is 5.18. The Morgan fingerprint density at radius 1 is 1.47 bits per heavy atom. The molecule has 1 aromatic rings. The maximum absolute atomic E-state index is 11.9. The predicted octanol–water partition coefficient (Wildman–Crippen LogP) is 2.78. The number of benzene rings is 1. The number of halogens is 1. The minimum atomic E-state index is -0.170. The van der Waals surface area contributed by atoms with E-state index in [1.165, 1.54) is 7.11 Å². The number of carbonyl (C=O) groups excluding carboxylic acids is 1. The van der Waals surface area contributed by atoms with Gasteiger partial charge in [0.25, 0.3) is 5.91 Å². The van der Waals surface area contributed by atoms with Crippen LogP contribution in [-0.2, 0) is 4.74 Å². The molecule has 0 radical (unpaired) electrons. The van der Waals surface area contributed by atoms with Gasteiger partial charge < -0.3 is 14.8 Å². The average Bonchev–Trinajstić information content (AvgIpc) is 2.42. The summed E-state index contributed by atoms with van der Waals surface area (Å²) in [5, 5.41) is 2.78. The largest absolute Gasteiger partial charge is 0.496 e. The van der Waals surface area contributed by atoms with Crippen LogP contribution in [0.1, 0.15) is 16.8 Å². The zero-order valence-electron chi connectivity index (χ0n) is 10.9. The van der Waals surface area contributed by atoms with Crippen molar-refractivity contribution in [3.8, 4) is 5.75 Å². The van der Waals surface area contributed by atoms with Gasteiger partial charge in [-0.3, -0.25) is 4.79 Å². The van der Waals surface area contributed by atoms with Crippen LogP contribution in [0.3, 0.4) is 0 Å². The van der Waals surface area contributed by atoms with E-state index in [9.17, 15) is 4.79 Å². The number of amides is 1. The highest BCUT2D eigenvalue weighted by molar-refractivity contribution is 9.10. The second-order valence-corrected chi connectivity index (χ2v) is 4.71. The molecule has 4 nitrogen and oxygen atoms in total. The van der Waals surface area contributed by atoms with Gasteiger partial charge in [0, 0.05) is 11.0 Å². The van der Waals surface area contributed by atoms with Gasteiger partial charge in [0.2, 0.25) is 0 Å². The Morgan fingerprint density at radius 3 is 2.95 bits per heavy atom. The lowest BCUT2D eigenvalue weighted by Crippen LogP contribution is -2.27. The van der Waals surface area contributed by atoms with Crippen molar-refractivity contribution in [1.29, 1.82) is 0 Å². The van der Waals surface area contributed by atoms with Crippen LogP contribution in [0.15, 0.2) is 35.3 Å². The monoisotopic (exact) mass is 327 g/mol. The van der Waals surface area contributed by atoms with E-state index in [1.807, 2.05) is 0 Å². The van der Waals surface area contributed by atoms with Gasteiger partial charge >= 0.3 is 0 Å². The maximum atomic E-state index is 11.9. The standard InChI is InChI=1S/C14H18BrNO3/c1-3-4-8-19-9-7-16-14(17)12-6-5-11(15)10-13(12)18-2/h3,5-6,10H,1,4,7-9H2,2H3,(H,16,17). The molecule has 0 fully saturated rings. The lowest BCUT2D eigenvalue weighted by atomic mass is 10.2. The Balaban J connectivity index is 2.43. The van der Waals surface area contributed by atoms with Gasteiger partial charge in [-0.1, -0.05) is 22.0 Å². The third-order valence-corrected chi connectivity index (χ3v) is 2.90. The van der Waals surface area contributed by atoms with Crippen molar-refractivity contribution in [2.24, 2.45) is 0 Å². The van der Waals surface area contributed by atoms with Gasteiger partial charge in [-0.25, -0.2) is 0 Å². The van der Waals surface area contributed by atoms with Crippen LogP contribution in [0, 0.1) is 0 Å². The highest BCUT2D eigenvalue weighted by Gasteiger charge is 2.11. The number of rotatable bonds is 8. The lowest BCUT2D eigenvalue weighted by Gasteiger charge is -2.09. The fourth-order valence-electron chi connectivity index (χ4n) is 1.45. The van der Waals surface area contributed by atoms with Crippen LogP contribution >= 0.6 is 15.9 Å². The summed E-state index contributed by atoms with van der Waals surface area (Å²) in [5.74, 6) is 0.371. The summed E-state index contributed by atoms with van der Waals surface area (Å²) in [6, 6.07) is 5.28. The average molecular weight is 328 g/mol. The van der Waals surface area contributed by atoms with Gasteiger partial charge in [0.05, 0.1) is 25.9 Å². The van der Waals surface area contributed by atoms with Crippen molar-refractivity contribution in [1.82, 2.24) is 5.32 Å². The molecule has 1 N–H and O–H groups in total. The topological polar surface area (TPSA) is 47.6 Å². The van der Waals surface area contributed by atoms with Crippen molar-refractivity contribution in [2.75, 3.05) is 26.9 Å². The van der Waals surface area contributed by atoms with Crippen LogP contribution in [0.25, 0.3) is 0 Å². The third kappa shape index (κ3) is 5.44. The minimum absolute atomic E-state index is 0.170. The second kappa shape index (κ2) is 8.72. The van der Waals surface area contributed by atoms with E-state index in [0.29, 0.717) is 31.1 Å². The first-order valence-electron chi connectivity index (χ1n) is 5.99. The highest BCUT2D eigenvalue weighted by Crippen LogP contribution is 2.23. The number of ether oxygens (including phenoxy) is 2. The molecule has 0 saturated heterocycles. The molecular formula is C14H18BrNO3. The molecule has 0 aliphatic carbocycles. The molecule has 0 saturated carbocycles. The molecule has 0 aliphatic heterocycles. The molecule has 5 heteroatoms. The Bertz CT molecular complexity index is 435. The summed E-state index contributed by atoms with van der Waals surface area (Å²) >= 11 is 3.33. The van der Waals surface area contributed by atoms with E-state index >= 15 is 0 Å². The fraction of sp³-hybridized carbons (Fsp3) is 0.357. The second-order valence-electron chi connectivity index (χ2n) is 3.79. The molecule has 0 unspecified atom stereocenters. The van der Waals surface area contributed by atoms with Crippen LogP contribution < -0.4 is 10.1 Å². The molecule has 0 bridgehead atoms. The summed E-state index contributed by atoms with van der Waals surface area (Å²) < 4.78 is 11.4. The fourth-order valence-corrected chi connectivity index (χ4v) is 1.79. The Hall–Kier alpha value is -1.33. The van der Waals surface area contributed by atoms with Gasteiger partial charge in [0.15, 0.2) is 0 Å². The number of methoxy groups -OCH3 is 1.